The Morgan fingerprint density at radius 1 is 1.28 bits per heavy atom. The van der Waals surface area contributed by atoms with Gasteiger partial charge in [0.05, 0.1) is 16.3 Å². The van der Waals surface area contributed by atoms with E-state index in [-0.39, 0.29) is 6.61 Å². The molecule has 8 heteroatoms. The van der Waals surface area contributed by atoms with Gasteiger partial charge in [0.15, 0.2) is 0 Å². The molecule has 0 aliphatic rings. The van der Waals surface area contributed by atoms with Crippen molar-refractivity contribution < 1.29 is 9.90 Å². The third-order valence-corrected chi connectivity index (χ3v) is 6.44. The highest BCUT2D eigenvalue weighted by Crippen LogP contribution is 2.41. The first-order valence-corrected chi connectivity index (χ1v) is 9.26. The molecule has 3 rings (SSSR count). The van der Waals surface area contributed by atoms with Crippen LogP contribution < -0.4 is 11.5 Å². The van der Waals surface area contributed by atoms with Crippen LogP contribution in [0.5, 0.6) is 0 Å². The average Bonchev–Trinajstić information content (AvgIpc) is 3.18. The lowest BCUT2D eigenvalue weighted by atomic mass is 10.1. The average molecular weight is 372 g/mol. The second-order valence-corrected chi connectivity index (χ2v) is 7.65. The van der Waals surface area contributed by atoms with E-state index >= 15 is 0 Å². The quantitative estimate of drug-likeness (QED) is 0.613. The summed E-state index contributed by atoms with van der Waals surface area (Å²) >= 11 is 3.03. The van der Waals surface area contributed by atoms with Gasteiger partial charge in [-0.15, -0.1) is 22.7 Å². The monoisotopic (exact) mass is 372 g/mol. The normalized spacial score (nSPS) is 10.9. The Kier molecular flexibility index (Phi) is 4.99. The molecule has 0 unspecified atom stereocenters. The van der Waals surface area contributed by atoms with Crippen LogP contribution in [0.25, 0.3) is 19.8 Å². The Balaban J connectivity index is 2.10. The molecule has 0 fully saturated rings. The SMILES string of the molecule is N#CCCc1cc(-c2cc3c(N)ncc(C(N)=O)c3s2)sc1CCO. The lowest BCUT2D eigenvalue weighted by Crippen LogP contribution is -2.11. The number of nitriles is 1. The fourth-order valence-corrected chi connectivity index (χ4v) is 5.10. The Labute approximate surface area is 152 Å². The highest BCUT2D eigenvalue weighted by Gasteiger charge is 2.17. The Hall–Kier alpha value is -2.47. The first-order valence-electron chi connectivity index (χ1n) is 7.62. The molecule has 0 aliphatic carbocycles. The summed E-state index contributed by atoms with van der Waals surface area (Å²) in [4.78, 5) is 18.7. The van der Waals surface area contributed by atoms with Gasteiger partial charge >= 0.3 is 0 Å². The topological polar surface area (TPSA) is 126 Å². The van der Waals surface area contributed by atoms with Crippen LogP contribution in [0.1, 0.15) is 27.2 Å². The van der Waals surface area contributed by atoms with Crippen LogP contribution in [0.15, 0.2) is 18.3 Å². The number of carbonyl (C=O) groups is 1. The van der Waals surface area contributed by atoms with Crippen LogP contribution in [-0.4, -0.2) is 22.6 Å². The lowest BCUT2D eigenvalue weighted by Gasteiger charge is -1.99. The molecule has 25 heavy (non-hydrogen) atoms. The van der Waals surface area contributed by atoms with Crippen molar-refractivity contribution in [2.45, 2.75) is 19.3 Å². The van der Waals surface area contributed by atoms with Gasteiger partial charge in [-0.2, -0.15) is 5.26 Å². The second-order valence-electron chi connectivity index (χ2n) is 5.47. The molecule has 0 aromatic carbocycles. The summed E-state index contributed by atoms with van der Waals surface area (Å²) in [5, 5.41) is 18.8. The standard InChI is InChI=1S/C17H16N4O2S2/c18-4-1-2-9-6-13(24-12(9)3-5-22)14-7-10-15(25-14)11(17(20)23)8-21-16(10)19/h6-8,22H,1-3,5H2,(H2,19,21)(H2,20,23). The van der Waals surface area contributed by atoms with Crippen molar-refractivity contribution in [3.05, 3.63) is 34.3 Å². The number of primary amides is 1. The van der Waals surface area contributed by atoms with Crippen molar-refractivity contribution >= 4 is 44.5 Å². The number of hydrogen-bond acceptors (Lipinski definition) is 7. The van der Waals surface area contributed by atoms with Crippen LogP contribution in [-0.2, 0) is 12.8 Å². The van der Waals surface area contributed by atoms with E-state index in [1.54, 1.807) is 11.3 Å². The van der Waals surface area contributed by atoms with Gasteiger partial charge in [-0.05, 0) is 24.1 Å². The summed E-state index contributed by atoms with van der Waals surface area (Å²) in [5.74, 6) is -0.174. The number of aromatic nitrogens is 1. The number of hydrogen-bond donors (Lipinski definition) is 3. The minimum atomic E-state index is -0.534. The smallest absolute Gasteiger partial charge is 0.251 e. The highest BCUT2D eigenvalue weighted by molar-refractivity contribution is 7.26. The number of aliphatic hydroxyl groups excluding tert-OH is 1. The molecule has 0 bridgehead atoms. The molecular weight excluding hydrogens is 356 g/mol. The maximum Gasteiger partial charge on any atom is 0.251 e. The zero-order valence-corrected chi connectivity index (χ0v) is 14.9. The number of rotatable bonds is 6. The van der Waals surface area contributed by atoms with Crippen LogP contribution in [0.2, 0.25) is 0 Å². The molecule has 5 N–H and O–H groups in total. The predicted molar refractivity (Wildman–Crippen MR) is 101 cm³/mol. The molecule has 1 amide bonds. The third kappa shape index (κ3) is 3.35. The van der Waals surface area contributed by atoms with Crippen LogP contribution >= 0.6 is 22.7 Å². The highest BCUT2D eigenvalue weighted by atomic mass is 32.1. The van der Waals surface area contributed by atoms with E-state index < -0.39 is 5.91 Å². The number of aryl methyl sites for hydroxylation is 1. The maximum atomic E-state index is 11.6. The van der Waals surface area contributed by atoms with Crippen molar-refractivity contribution in [3.63, 3.8) is 0 Å². The summed E-state index contributed by atoms with van der Waals surface area (Å²) in [6.45, 7) is 0.0641. The van der Waals surface area contributed by atoms with E-state index in [9.17, 15) is 9.90 Å². The van der Waals surface area contributed by atoms with Crippen molar-refractivity contribution in [2.75, 3.05) is 12.3 Å². The molecule has 3 aromatic rings. The number of fused-ring (bicyclic) bond motifs is 1. The third-order valence-electron chi connectivity index (χ3n) is 3.84. The maximum absolute atomic E-state index is 11.6. The number of carbonyl (C=O) groups excluding carboxylic acids is 1. The van der Waals surface area contributed by atoms with Gasteiger partial charge in [0.1, 0.15) is 5.82 Å². The first kappa shape index (κ1) is 17.4. The minimum absolute atomic E-state index is 0.0641. The number of amides is 1. The fraction of sp³-hybridized carbons (Fsp3) is 0.235. The van der Waals surface area contributed by atoms with Gasteiger partial charge in [-0.3, -0.25) is 4.79 Å². The predicted octanol–water partition coefficient (Wildman–Crippen LogP) is 2.70. The molecule has 0 radical (unpaired) electrons. The number of anilines is 1. The van der Waals surface area contributed by atoms with E-state index in [0.29, 0.717) is 36.0 Å². The molecule has 128 valence electrons. The molecular formula is C17H16N4O2S2. The van der Waals surface area contributed by atoms with E-state index in [4.69, 9.17) is 16.7 Å². The zero-order chi connectivity index (χ0) is 18.0. The van der Waals surface area contributed by atoms with Crippen molar-refractivity contribution in [2.24, 2.45) is 5.73 Å². The summed E-state index contributed by atoms with van der Waals surface area (Å²) in [6.07, 6.45) is 3.06. The Morgan fingerprint density at radius 3 is 2.72 bits per heavy atom. The number of pyridine rings is 1. The van der Waals surface area contributed by atoms with Crippen molar-refractivity contribution in [1.29, 1.82) is 5.26 Å². The van der Waals surface area contributed by atoms with Gasteiger partial charge in [0, 0.05) is 45.7 Å². The lowest BCUT2D eigenvalue weighted by molar-refractivity contribution is 0.100. The first-order chi connectivity index (χ1) is 12.0. The van der Waals surface area contributed by atoms with Crippen LogP contribution in [0.3, 0.4) is 0 Å². The molecule has 0 saturated carbocycles. The van der Waals surface area contributed by atoms with Gasteiger partial charge in [-0.1, -0.05) is 0 Å². The fourth-order valence-electron chi connectivity index (χ4n) is 2.64. The molecule has 0 spiro atoms. The second kappa shape index (κ2) is 7.19. The number of nitrogen functional groups attached to an aromatic ring is 1. The van der Waals surface area contributed by atoms with Crippen LogP contribution in [0, 0.1) is 11.3 Å². The molecule has 0 atom stereocenters. The number of nitrogens with two attached hydrogens (primary N) is 2. The summed E-state index contributed by atoms with van der Waals surface area (Å²) < 4.78 is 0.727. The van der Waals surface area contributed by atoms with Gasteiger partial charge in [-0.25, -0.2) is 4.98 Å². The van der Waals surface area contributed by atoms with E-state index in [2.05, 4.69) is 11.1 Å². The zero-order valence-electron chi connectivity index (χ0n) is 13.3. The largest absolute Gasteiger partial charge is 0.396 e. The van der Waals surface area contributed by atoms with Crippen LogP contribution in [0.4, 0.5) is 5.82 Å². The molecule has 3 aromatic heterocycles. The molecule has 0 saturated heterocycles. The van der Waals surface area contributed by atoms with Gasteiger partial charge in [0.25, 0.3) is 5.91 Å². The number of thiophene rings is 2. The number of aliphatic hydroxyl groups is 1. The minimum Gasteiger partial charge on any atom is -0.396 e. The van der Waals surface area contributed by atoms with Gasteiger partial charge < -0.3 is 16.6 Å². The Morgan fingerprint density at radius 2 is 2.04 bits per heavy atom. The molecule has 6 nitrogen and oxygen atoms in total. The Bertz CT molecular complexity index is 985. The van der Waals surface area contributed by atoms with E-state index in [0.717, 1.165) is 24.9 Å². The van der Waals surface area contributed by atoms with Crippen molar-refractivity contribution in [3.8, 4) is 15.8 Å². The van der Waals surface area contributed by atoms with E-state index in [1.165, 1.54) is 17.5 Å². The summed E-state index contributed by atoms with van der Waals surface area (Å²) in [5.41, 5.74) is 12.8. The molecule has 3 heterocycles. The van der Waals surface area contributed by atoms with E-state index in [1.807, 2.05) is 12.1 Å². The summed E-state index contributed by atoms with van der Waals surface area (Å²) in [7, 11) is 0. The molecule has 0 aliphatic heterocycles. The van der Waals surface area contributed by atoms with Crippen molar-refractivity contribution in [1.82, 2.24) is 4.98 Å². The summed E-state index contributed by atoms with van der Waals surface area (Å²) in [6, 6.07) is 6.11. The number of nitrogens with zero attached hydrogens (tertiary/aromatic N) is 2. The van der Waals surface area contributed by atoms with Gasteiger partial charge in [0.2, 0.25) is 0 Å².